The van der Waals surface area contributed by atoms with E-state index in [9.17, 15) is 18.0 Å². The molecule has 0 N–H and O–H groups in total. The average Bonchev–Trinajstić information content (AvgIpc) is 3.50. The van der Waals surface area contributed by atoms with Crippen LogP contribution < -0.4 is 0 Å². The largest absolute Gasteiger partial charge is 0.465 e. The minimum atomic E-state index is -4.57. The minimum Gasteiger partial charge on any atom is -0.465 e. The van der Waals surface area contributed by atoms with Gasteiger partial charge in [0.1, 0.15) is 6.54 Å². The predicted molar refractivity (Wildman–Crippen MR) is 106 cm³/mol. The zero-order valence-corrected chi connectivity index (χ0v) is 16.8. The Morgan fingerprint density at radius 2 is 1.90 bits per heavy atom. The van der Waals surface area contributed by atoms with Crippen LogP contribution in [0.3, 0.4) is 0 Å². The molecular formula is C22H22F3N3O2. The van der Waals surface area contributed by atoms with E-state index in [1.54, 1.807) is 19.1 Å². The molecule has 8 heteroatoms. The topological polar surface area (TPSA) is 57.0 Å². The molecule has 4 rings (SSSR count). The van der Waals surface area contributed by atoms with E-state index < -0.39 is 17.7 Å². The first-order valence-corrected chi connectivity index (χ1v) is 10.0. The zero-order valence-electron chi connectivity index (χ0n) is 16.8. The third-order valence-corrected chi connectivity index (χ3v) is 5.24. The summed E-state index contributed by atoms with van der Waals surface area (Å²) in [5.41, 5.74) is 1.52. The van der Waals surface area contributed by atoms with E-state index in [1.807, 2.05) is 19.1 Å². The minimum absolute atomic E-state index is 0.0109. The Morgan fingerprint density at radius 3 is 2.47 bits per heavy atom. The summed E-state index contributed by atoms with van der Waals surface area (Å²) < 4.78 is 48.3. The highest BCUT2D eigenvalue weighted by atomic mass is 19.4. The summed E-state index contributed by atoms with van der Waals surface area (Å²) >= 11 is 0. The molecule has 0 atom stereocenters. The zero-order chi connectivity index (χ0) is 21.5. The van der Waals surface area contributed by atoms with E-state index in [1.165, 1.54) is 4.68 Å². The van der Waals surface area contributed by atoms with Crippen LogP contribution >= 0.6 is 0 Å². The monoisotopic (exact) mass is 417 g/mol. The first-order valence-electron chi connectivity index (χ1n) is 10.0. The van der Waals surface area contributed by atoms with Crippen molar-refractivity contribution in [3.8, 4) is 11.3 Å². The molecule has 5 nitrogen and oxygen atoms in total. The lowest BCUT2D eigenvalue weighted by Crippen LogP contribution is -2.15. The summed E-state index contributed by atoms with van der Waals surface area (Å²) in [5.74, 6) is -0.592. The maximum Gasteiger partial charge on any atom is 0.417 e. The fourth-order valence-electron chi connectivity index (χ4n) is 3.56. The molecule has 0 aliphatic heterocycles. The molecule has 2 heterocycles. The maximum absolute atomic E-state index is 14.0. The molecule has 0 saturated heterocycles. The summed E-state index contributed by atoms with van der Waals surface area (Å²) in [7, 11) is 0. The highest BCUT2D eigenvalue weighted by molar-refractivity contribution is 5.87. The molecule has 1 aromatic carbocycles. The molecule has 30 heavy (non-hydrogen) atoms. The Bertz CT molecular complexity index is 1080. The van der Waals surface area contributed by atoms with Gasteiger partial charge in [0.05, 0.1) is 28.9 Å². The number of fused-ring (bicyclic) bond motifs is 1. The van der Waals surface area contributed by atoms with Gasteiger partial charge in [0, 0.05) is 11.5 Å². The smallest absolute Gasteiger partial charge is 0.417 e. The number of halogens is 3. The Balaban J connectivity index is 1.93. The highest BCUT2D eigenvalue weighted by Crippen LogP contribution is 2.46. The first kappa shape index (κ1) is 20.4. The SMILES string of the molecule is CCOC(=O)Cn1nc(C2CC2)c2c(C(F)(F)F)cc(-c3ccc(CC)cc3)nc21. The summed E-state index contributed by atoms with van der Waals surface area (Å²) in [5, 5.41) is 4.35. The Morgan fingerprint density at radius 1 is 1.20 bits per heavy atom. The number of aryl methyl sites for hydroxylation is 1. The molecule has 1 aliphatic carbocycles. The van der Waals surface area contributed by atoms with Gasteiger partial charge in [0.2, 0.25) is 0 Å². The van der Waals surface area contributed by atoms with Gasteiger partial charge in [-0.15, -0.1) is 0 Å². The van der Waals surface area contributed by atoms with Gasteiger partial charge in [0.25, 0.3) is 0 Å². The van der Waals surface area contributed by atoms with Crippen LogP contribution in [0.25, 0.3) is 22.3 Å². The molecule has 2 aromatic heterocycles. The molecular weight excluding hydrogens is 395 g/mol. The summed E-state index contributed by atoms with van der Waals surface area (Å²) in [4.78, 5) is 16.5. The summed E-state index contributed by atoms with van der Waals surface area (Å²) in [6.45, 7) is 3.59. The number of nitrogens with zero attached hydrogens (tertiary/aromatic N) is 3. The number of carbonyl (C=O) groups excluding carboxylic acids is 1. The molecule has 0 bridgehead atoms. The molecule has 1 saturated carbocycles. The average molecular weight is 417 g/mol. The second-order valence-corrected chi connectivity index (χ2v) is 7.42. The van der Waals surface area contributed by atoms with Crippen molar-refractivity contribution in [1.82, 2.24) is 14.8 Å². The van der Waals surface area contributed by atoms with Crippen molar-refractivity contribution >= 4 is 17.0 Å². The van der Waals surface area contributed by atoms with Crippen LogP contribution in [0, 0.1) is 0 Å². The highest BCUT2D eigenvalue weighted by Gasteiger charge is 2.39. The fraction of sp³-hybridized carbons (Fsp3) is 0.409. The number of pyridine rings is 1. The normalized spacial score (nSPS) is 14.3. The van der Waals surface area contributed by atoms with Gasteiger partial charge in [-0.2, -0.15) is 18.3 Å². The van der Waals surface area contributed by atoms with Crippen molar-refractivity contribution in [3.63, 3.8) is 0 Å². The lowest BCUT2D eigenvalue weighted by Gasteiger charge is -2.12. The number of hydrogen-bond donors (Lipinski definition) is 0. The van der Waals surface area contributed by atoms with Crippen molar-refractivity contribution in [2.75, 3.05) is 6.61 Å². The van der Waals surface area contributed by atoms with E-state index in [-0.39, 0.29) is 35.8 Å². The van der Waals surface area contributed by atoms with Gasteiger partial charge >= 0.3 is 12.1 Å². The second kappa shape index (κ2) is 7.74. The quantitative estimate of drug-likeness (QED) is 0.523. The van der Waals surface area contributed by atoms with E-state index >= 15 is 0 Å². The van der Waals surface area contributed by atoms with Gasteiger partial charge in [0.15, 0.2) is 5.65 Å². The Kier molecular flexibility index (Phi) is 5.26. The molecule has 0 radical (unpaired) electrons. The molecule has 0 spiro atoms. The van der Waals surface area contributed by atoms with E-state index in [0.717, 1.165) is 30.9 Å². The number of rotatable bonds is 6. The van der Waals surface area contributed by atoms with Gasteiger partial charge in [-0.25, -0.2) is 9.67 Å². The maximum atomic E-state index is 14.0. The van der Waals surface area contributed by atoms with Gasteiger partial charge in [-0.3, -0.25) is 4.79 Å². The standard InChI is InChI=1S/C22H22F3N3O2/c1-3-13-5-7-14(8-6-13)17-11-16(22(23,24)25)19-20(15-9-10-15)27-28(21(19)26-17)12-18(29)30-4-2/h5-8,11,15H,3-4,9-10,12H2,1-2H3. The van der Waals surface area contributed by atoms with Crippen LogP contribution in [0.5, 0.6) is 0 Å². The lowest BCUT2D eigenvalue weighted by atomic mass is 10.0. The van der Waals surface area contributed by atoms with Gasteiger partial charge < -0.3 is 4.74 Å². The molecule has 0 unspecified atom stereocenters. The Hall–Kier alpha value is -2.90. The van der Waals surface area contributed by atoms with E-state index in [4.69, 9.17) is 4.74 Å². The molecule has 0 amide bonds. The van der Waals surface area contributed by atoms with Crippen LogP contribution in [0.15, 0.2) is 30.3 Å². The number of benzene rings is 1. The van der Waals surface area contributed by atoms with Gasteiger partial charge in [-0.05, 0) is 37.8 Å². The number of alkyl halides is 3. The number of esters is 1. The van der Waals surface area contributed by atoms with Crippen molar-refractivity contribution in [2.45, 2.75) is 51.7 Å². The van der Waals surface area contributed by atoms with Crippen LogP contribution in [0.1, 0.15) is 49.4 Å². The number of ether oxygens (including phenoxy) is 1. The van der Waals surface area contributed by atoms with Crippen molar-refractivity contribution in [3.05, 3.63) is 47.2 Å². The predicted octanol–water partition coefficient (Wildman–Crippen LogP) is 5.12. The summed E-state index contributed by atoms with van der Waals surface area (Å²) in [6, 6.07) is 8.37. The Labute approximate surface area is 171 Å². The van der Waals surface area contributed by atoms with Crippen molar-refractivity contribution in [1.29, 1.82) is 0 Å². The number of hydrogen-bond acceptors (Lipinski definition) is 4. The molecule has 158 valence electrons. The van der Waals surface area contributed by atoms with Crippen LogP contribution in [0.4, 0.5) is 13.2 Å². The van der Waals surface area contributed by atoms with Crippen LogP contribution in [0.2, 0.25) is 0 Å². The van der Waals surface area contributed by atoms with Crippen LogP contribution in [-0.2, 0) is 28.7 Å². The van der Waals surface area contributed by atoms with Crippen molar-refractivity contribution < 1.29 is 22.7 Å². The second-order valence-electron chi connectivity index (χ2n) is 7.42. The van der Waals surface area contributed by atoms with E-state index in [0.29, 0.717) is 11.3 Å². The molecule has 3 aromatic rings. The lowest BCUT2D eigenvalue weighted by molar-refractivity contribution is -0.144. The number of aromatic nitrogens is 3. The first-order chi connectivity index (χ1) is 14.3. The van der Waals surface area contributed by atoms with E-state index in [2.05, 4.69) is 10.1 Å². The van der Waals surface area contributed by atoms with Crippen LogP contribution in [-0.4, -0.2) is 27.3 Å². The van der Waals surface area contributed by atoms with Crippen molar-refractivity contribution in [2.24, 2.45) is 0 Å². The van der Waals surface area contributed by atoms with Gasteiger partial charge in [-0.1, -0.05) is 31.2 Å². The third-order valence-electron chi connectivity index (χ3n) is 5.24. The fourth-order valence-corrected chi connectivity index (χ4v) is 3.56. The molecule has 1 fully saturated rings. The third kappa shape index (κ3) is 3.91. The molecule has 1 aliphatic rings. The number of carbonyl (C=O) groups is 1. The summed E-state index contributed by atoms with van der Waals surface area (Å²) in [6.07, 6.45) is -2.18.